The van der Waals surface area contributed by atoms with Gasteiger partial charge in [0.25, 0.3) is 0 Å². The van der Waals surface area contributed by atoms with E-state index in [1.54, 1.807) is 14.2 Å². The quantitative estimate of drug-likeness (QED) is 0.246. The Morgan fingerprint density at radius 1 is 1.30 bits per heavy atom. The third-order valence-electron chi connectivity index (χ3n) is 2.64. The molecule has 6 nitrogen and oxygen atoms in total. The summed E-state index contributed by atoms with van der Waals surface area (Å²) >= 11 is 0. The Morgan fingerprint density at radius 2 is 1.95 bits per heavy atom. The zero-order chi connectivity index (χ0) is 14.7. The molecule has 0 saturated carbocycles. The molecule has 20 heavy (non-hydrogen) atoms. The van der Waals surface area contributed by atoms with Crippen molar-refractivity contribution in [3.63, 3.8) is 0 Å². The third kappa shape index (κ3) is 9.35. The smallest absolute Gasteiger partial charge is 0.227 e. The molecule has 0 heterocycles. The van der Waals surface area contributed by atoms with Crippen molar-refractivity contribution >= 4 is 35.8 Å². The van der Waals surface area contributed by atoms with Gasteiger partial charge in [0.15, 0.2) is 5.96 Å². The second-order valence-corrected chi connectivity index (χ2v) is 4.93. The Morgan fingerprint density at radius 3 is 2.45 bits per heavy atom. The first-order valence-electron chi connectivity index (χ1n) is 6.71. The Kier molecular flexibility index (Phi) is 13.2. The summed E-state index contributed by atoms with van der Waals surface area (Å²) in [5, 5.41) is 9.02. The minimum atomic E-state index is -0.510. The topological polar surface area (TPSA) is 74.8 Å². The van der Waals surface area contributed by atoms with E-state index in [1.807, 2.05) is 20.8 Å². The third-order valence-corrected chi connectivity index (χ3v) is 2.64. The van der Waals surface area contributed by atoms with E-state index in [0.717, 1.165) is 32.1 Å². The lowest BCUT2D eigenvalue weighted by Crippen LogP contribution is -2.41. The van der Waals surface area contributed by atoms with E-state index in [9.17, 15) is 4.79 Å². The predicted molar refractivity (Wildman–Crippen MR) is 93.7 cm³/mol. The van der Waals surface area contributed by atoms with Crippen molar-refractivity contribution in [1.82, 2.24) is 16.0 Å². The van der Waals surface area contributed by atoms with Crippen LogP contribution in [0.1, 0.15) is 27.2 Å². The summed E-state index contributed by atoms with van der Waals surface area (Å²) < 4.78 is 4.99. The summed E-state index contributed by atoms with van der Waals surface area (Å²) in [7, 11) is 3.33. The van der Waals surface area contributed by atoms with E-state index in [0.29, 0.717) is 6.54 Å². The van der Waals surface area contributed by atoms with Crippen LogP contribution >= 0.6 is 24.0 Å². The van der Waals surface area contributed by atoms with E-state index in [4.69, 9.17) is 4.74 Å². The Hall–Kier alpha value is -0.570. The molecule has 0 aromatic rings. The summed E-state index contributed by atoms with van der Waals surface area (Å²) in [5.74, 6) is 0.724. The highest BCUT2D eigenvalue weighted by Gasteiger charge is 2.26. The fourth-order valence-electron chi connectivity index (χ4n) is 1.45. The second-order valence-electron chi connectivity index (χ2n) is 4.93. The lowest BCUT2D eigenvalue weighted by atomic mass is 9.93. The molecular weight excluding hydrogens is 371 g/mol. The molecule has 7 heteroatoms. The summed E-state index contributed by atoms with van der Waals surface area (Å²) in [5.41, 5.74) is -0.510. The molecule has 0 unspecified atom stereocenters. The van der Waals surface area contributed by atoms with Crippen LogP contribution in [0.2, 0.25) is 0 Å². The number of halogens is 1. The molecule has 120 valence electrons. The molecular formula is C13H29IN4O2. The molecule has 3 N–H and O–H groups in total. The van der Waals surface area contributed by atoms with Crippen LogP contribution in [0.4, 0.5) is 0 Å². The van der Waals surface area contributed by atoms with Gasteiger partial charge in [-0.25, -0.2) is 0 Å². The molecule has 0 fully saturated rings. The summed E-state index contributed by atoms with van der Waals surface area (Å²) in [6.45, 7) is 8.50. The summed E-state index contributed by atoms with van der Waals surface area (Å²) in [6, 6.07) is 0. The minimum Gasteiger partial charge on any atom is -0.385 e. The van der Waals surface area contributed by atoms with Crippen LogP contribution in [0, 0.1) is 5.41 Å². The van der Waals surface area contributed by atoms with Gasteiger partial charge >= 0.3 is 0 Å². The number of carbonyl (C=O) groups is 1. The van der Waals surface area contributed by atoms with Gasteiger partial charge in [-0.1, -0.05) is 0 Å². The van der Waals surface area contributed by atoms with Crippen LogP contribution in [-0.2, 0) is 9.53 Å². The second kappa shape index (κ2) is 12.2. The summed E-state index contributed by atoms with van der Waals surface area (Å²) in [4.78, 5) is 16.1. The number of hydrogen-bond acceptors (Lipinski definition) is 3. The van der Waals surface area contributed by atoms with Gasteiger partial charge in [0.1, 0.15) is 0 Å². The maximum Gasteiger partial charge on any atom is 0.227 e. The molecule has 0 aromatic heterocycles. The number of ether oxygens (including phenoxy) is 1. The van der Waals surface area contributed by atoms with Crippen molar-refractivity contribution in [2.75, 3.05) is 40.4 Å². The predicted octanol–water partition coefficient (Wildman–Crippen LogP) is 0.968. The van der Waals surface area contributed by atoms with Crippen LogP contribution < -0.4 is 16.0 Å². The molecule has 1 amide bonds. The maximum atomic E-state index is 11.7. The van der Waals surface area contributed by atoms with Crippen molar-refractivity contribution < 1.29 is 9.53 Å². The number of methoxy groups -OCH3 is 1. The SMILES string of the molecule is CCNC(=NCC(C)(C)C(=O)NC)NCCCOC.I. The van der Waals surface area contributed by atoms with Gasteiger partial charge < -0.3 is 20.7 Å². The van der Waals surface area contributed by atoms with Crippen molar-refractivity contribution in [2.45, 2.75) is 27.2 Å². The average molecular weight is 400 g/mol. The average Bonchev–Trinajstić information content (AvgIpc) is 2.39. The fourth-order valence-corrected chi connectivity index (χ4v) is 1.45. The molecule has 0 rings (SSSR count). The molecule has 0 aliphatic rings. The van der Waals surface area contributed by atoms with E-state index < -0.39 is 5.41 Å². The van der Waals surface area contributed by atoms with Gasteiger partial charge in [-0.2, -0.15) is 0 Å². The van der Waals surface area contributed by atoms with Crippen molar-refractivity contribution in [2.24, 2.45) is 10.4 Å². The number of rotatable bonds is 8. The van der Waals surface area contributed by atoms with Crippen molar-refractivity contribution in [3.8, 4) is 0 Å². The number of carbonyl (C=O) groups excluding carboxylic acids is 1. The van der Waals surface area contributed by atoms with E-state index in [2.05, 4.69) is 20.9 Å². The number of nitrogens with one attached hydrogen (secondary N) is 3. The largest absolute Gasteiger partial charge is 0.385 e. The number of guanidine groups is 1. The number of hydrogen-bond donors (Lipinski definition) is 3. The molecule has 0 saturated heterocycles. The highest BCUT2D eigenvalue weighted by Crippen LogP contribution is 2.14. The monoisotopic (exact) mass is 400 g/mol. The number of aliphatic imine (C=N–C) groups is 1. The first-order valence-corrected chi connectivity index (χ1v) is 6.71. The Bertz CT molecular complexity index is 296. The zero-order valence-corrected chi connectivity index (χ0v) is 15.5. The van der Waals surface area contributed by atoms with Crippen molar-refractivity contribution in [3.05, 3.63) is 0 Å². The van der Waals surface area contributed by atoms with Gasteiger partial charge in [-0.05, 0) is 27.2 Å². The maximum absolute atomic E-state index is 11.7. The van der Waals surface area contributed by atoms with Gasteiger partial charge in [0.2, 0.25) is 5.91 Å². The molecule has 0 aromatic carbocycles. The highest BCUT2D eigenvalue weighted by atomic mass is 127. The molecule has 0 atom stereocenters. The van der Waals surface area contributed by atoms with Crippen LogP contribution in [0.5, 0.6) is 0 Å². The molecule has 0 radical (unpaired) electrons. The first-order chi connectivity index (χ1) is 8.97. The van der Waals surface area contributed by atoms with Crippen LogP contribution in [-0.4, -0.2) is 52.3 Å². The molecule has 0 bridgehead atoms. The van der Waals surface area contributed by atoms with Gasteiger partial charge in [0.05, 0.1) is 12.0 Å². The zero-order valence-electron chi connectivity index (χ0n) is 13.2. The standard InChI is InChI=1S/C13H28N4O2.HI/c1-6-15-12(16-8-7-9-19-5)17-10-13(2,3)11(18)14-4;/h6-10H2,1-5H3,(H,14,18)(H2,15,16,17);1H. The number of amides is 1. The van der Waals surface area contributed by atoms with Crippen LogP contribution in [0.15, 0.2) is 4.99 Å². The Balaban J connectivity index is 0. The van der Waals surface area contributed by atoms with Crippen molar-refractivity contribution in [1.29, 1.82) is 0 Å². The van der Waals surface area contributed by atoms with Gasteiger partial charge in [0, 0.05) is 33.9 Å². The fraction of sp³-hybridized carbons (Fsp3) is 0.846. The summed E-state index contributed by atoms with van der Waals surface area (Å²) in [6.07, 6.45) is 0.916. The van der Waals surface area contributed by atoms with E-state index >= 15 is 0 Å². The van der Waals surface area contributed by atoms with E-state index in [-0.39, 0.29) is 29.9 Å². The van der Waals surface area contributed by atoms with Crippen LogP contribution in [0.25, 0.3) is 0 Å². The van der Waals surface area contributed by atoms with Crippen LogP contribution in [0.3, 0.4) is 0 Å². The normalized spacial score (nSPS) is 11.6. The number of nitrogens with zero attached hydrogens (tertiary/aromatic N) is 1. The Labute approximate surface area is 139 Å². The van der Waals surface area contributed by atoms with Gasteiger partial charge in [-0.3, -0.25) is 9.79 Å². The molecule has 0 spiro atoms. The minimum absolute atomic E-state index is 0. The van der Waals surface area contributed by atoms with E-state index in [1.165, 1.54) is 0 Å². The molecule has 0 aliphatic carbocycles. The lowest BCUT2D eigenvalue weighted by molar-refractivity contribution is -0.128. The first kappa shape index (κ1) is 21.7. The lowest BCUT2D eigenvalue weighted by Gasteiger charge is -2.21. The molecule has 0 aliphatic heterocycles. The van der Waals surface area contributed by atoms with Gasteiger partial charge in [-0.15, -0.1) is 24.0 Å². The highest BCUT2D eigenvalue weighted by molar-refractivity contribution is 14.0.